The van der Waals surface area contributed by atoms with E-state index < -0.39 is 0 Å². The van der Waals surface area contributed by atoms with E-state index in [9.17, 15) is 0 Å². The number of hydrogen-bond donors (Lipinski definition) is 0. The Bertz CT molecular complexity index is 666. The predicted molar refractivity (Wildman–Crippen MR) is 97.2 cm³/mol. The number of ether oxygens (including phenoxy) is 1. The summed E-state index contributed by atoms with van der Waals surface area (Å²) >= 11 is 0. The highest BCUT2D eigenvalue weighted by Gasteiger charge is 2.32. The van der Waals surface area contributed by atoms with Gasteiger partial charge in [-0.3, -0.25) is 4.90 Å². The normalized spacial score (nSPS) is 24.5. The summed E-state index contributed by atoms with van der Waals surface area (Å²) in [5.74, 6) is 2.26. The van der Waals surface area contributed by atoms with Crippen LogP contribution in [0.2, 0.25) is 0 Å². The summed E-state index contributed by atoms with van der Waals surface area (Å²) in [6.45, 7) is 5.92. The van der Waals surface area contributed by atoms with E-state index in [0.29, 0.717) is 12.0 Å². The Hall–Kier alpha value is -1.65. The van der Waals surface area contributed by atoms with Crippen molar-refractivity contribution in [1.82, 2.24) is 10.1 Å². The lowest BCUT2D eigenvalue weighted by atomic mass is 9.88. The highest BCUT2D eigenvalue weighted by atomic mass is 16.5. The lowest BCUT2D eigenvalue weighted by Gasteiger charge is -2.38. The molecular formula is C21H28N2O2. The number of likely N-dealkylation sites (tertiary alicyclic amines) is 1. The molecule has 134 valence electrons. The summed E-state index contributed by atoms with van der Waals surface area (Å²) in [6.07, 6.45) is 5.29. The van der Waals surface area contributed by atoms with Crippen LogP contribution in [0.5, 0.6) is 0 Å². The van der Waals surface area contributed by atoms with Gasteiger partial charge in [-0.05, 0) is 44.1 Å². The van der Waals surface area contributed by atoms with E-state index in [2.05, 4.69) is 40.4 Å². The number of rotatable bonds is 7. The van der Waals surface area contributed by atoms with E-state index in [-0.39, 0.29) is 0 Å². The van der Waals surface area contributed by atoms with Crippen LogP contribution in [0.15, 0.2) is 40.9 Å². The van der Waals surface area contributed by atoms with E-state index in [1.54, 1.807) is 0 Å². The Labute approximate surface area is 150 Å². The maximum absolute atomic E-state index is 6.33. The number of nitrogens with zero attached hydrogens (tertiary/aromatic N) is 2. The smallest absolute Gasteiger partial charge is 0.133 e. The molecule has 2 heterocycles. The minimum atomic E-state index is 0.385. The molecule has 1 aromatic heterocycles. The SMILES string of the molecule is Cc1cc(CN2CC[C@@H](OCC3CC3)[C@H](Cc3ccccc3)C2)no1. The summed E-state index contributed by atoms with van der Waals surface area (Å²) in [6, 6.07) is 12.9. The minimum Gasteiger partial charge on any atom is -0.378 e. The van der Waals surface area contributed by atoms with Gasteiger partial charge in [-0.2, -0.15) is 0 Å². The van der Waals surface area contributed by atoms with E-state index in [1.165, 1.54) is 18.4 Å². The van der Waals surface area contributed by atoms with Crippen molar-refractivity contribution in [2.24, 2.45) is 11.8 Å². The molecule has 0 spiro atoms. The first-order chi connectivity index (χ1) is 12.3. The van der Waals surface area contributed by atoms with Gasteiger partial charge in [0.1, 0.15) is 5.76 Å². The maximum Gasteiger partial charge on any atom is 0.133 e. The molecule has 1 saturated heterocycles. The molecule has 4 nitrogen and oxygen atoms in total. The third-order valence-corrected chi connectivity index (χ3v) is 5.39. The first kappa shape index (κ1) is 16.8. The first-order valence-electron chi connectivity index (χ1n) is 9.56. The fourth-order valence-electron chi connectivity index (χ4n) is 3.83. The molecule has 25 heavy (non-hydrogen) atoms. The number of piperidine rings is 1. The first-order valence-corrected chi connectivity index (χ1v) is 9.56. The van der Waals surface area contributed by atoms with Crippen LogP contribution in [0.1, 0.15) is 36.3 Å². The predicted octanol–water partition coefficient (Wildman–Crippen LogP) is 3.84. The second kappa shape index (κ2) is 7.71. The fourth-order valence-corrected chi connectivity index (χ4v) is 3.83. The molecule has 1 saturated carbocycles. The van der Waals surface area contributed by atoms with Gasteiger partial charge in [-0.15, -0.1) is 0 Å². The average Bonchev–Trinajstić information content (AvgIpc) is 3.36. The Morgan fingerprint density at radius 1 is 1.20 bits per heavy atom. The van der Waals surface area contributed by atoms with Crippen molar-refractivity contribution >= 4 is 0 Å². The Balaban J connectivity index is 1.40. The molecule has 1 aliphatic heterocycles. The highest BCUT2D eigenvalue weighted by Crippen LogP contribution is 2.32. The van der Waals surface area contributed by atoms with E-state index in [1.807, 2.05) is 13.0 Å². The van der Waals surface area contributed by atoms with Crippen LogP contribution >= 0.6 is 0 Å². The van der Waals surface area contributed by atoms with E-state index >= 15 is 0 Å². The maximum atomic E-state index is 6.33. The van der Waals surface area contributed by atoms with Gasteiger partial charge in [0.2, 0.25) is 0 Å². The molecule has 0 unspecified atom stereocenters. The Kier molecular flexibility index (Phi) is 5.18. The van der Waals surface area contributed by atoms with Gasteiger partial charge in [-0.25, -0.2) is 0 Å². The van der Waals surface area contributed by atoms with Crippen molar-refractivity contribution in [1.29, 1.82) is 0 Å². The second-order valence-corrected chi connectivity index (χ2v) is 7.72. The zero-order chi connectivity index (χ0) is 17.1. The summed E-state index contributed by atoms with van der Waals surface area (Å²) in [4.78, 5) is 2.50. The third kappa shape index (κ3) is 4.71. The molecule has 0 radical (unpaired) electrons. The molecule has 0 amide bonds. The largest absolute Gasteiger partial charge is 0.378 e. The number of aromatic nitrogens is 1. The lowest BCUT2D eigenvalue weighted by molar-refractivity contribution is -0.0393. The summed E-state index contributed by atoms with van der Waals surface area (Å²) in [5.41, 5.74) is 2.44. The van der Waals surface area contributed by atoms with Crippen molar-refractivity contribution in [3.05, 3.63) is 53.4 Å². The van der Waals surface area contributed by atoms with E-state index in [0.717, 1.165) is 56.5 Å². The molecule has 0 bridgehead atoms. The van der Waals surface area contributed by atoms with Crippen LogP contribution in [-0.4, -0.2) is 35.9 Å². The minimum absolute atomic E-state index is 0.385. The number of hydrogen-bond acceptors (Lipinski definition) is 4. The molecule has 4 heteroatoms. The van der Waals surface area contributed by atoms with Crippen molar-refractivity contribution < 1.29 is 9.26 Å². The molecule has 2 atom stereocenters. The van der Waals surface area contributed by atoms with Gasteiger partial charge in [0.15, 0.2) is 0 Å². The monoisotopic (exact) mass is 340 g/mol. The van der Waals surface area contributed by atoms with Gasteiger partial charge >= 0.3 is 0 Å². The van der Waals surface area contributed by atoms with Crippen LogP contribution in [0.4, 0.5) is 0 Å². The van der Waals surface area contributed by atoms with Crippen molar-refractivity contribution in [2.45, 2.75) is 45.3 Å². The molecule has 2 aliphatic rings. The summed E-state index contributed by atoms with van der Waals surface area (Å²) in [7, 11) is 0. The van der Waals surface area contributed by atoms with Gasteiger partial charge < -0.3 is 9.26 Å². The van der Waals surface area contributed by atoms with Gasteiger partial charge in [0, 0.05) is 38.2 Å². The van der Waals surface area contributed by atoms with E-state index in [4.69, 9.17) is 9.26 Å². The van der Waals surface area contributed by atoms with Crippen LogP contribution in [0.3, 0.4) is 0 Å². The number of aryl methyl sites for hydroxylation is 1. The van der Waals surface area contributed by atoms with Gasteiger partial charge in [0.25, 0.3) is 0 Å². The van der Waals surface area contributed by atoms with Crippen LogP contribution in [-0.2, 0) is 17.7 Å². The summed E-state index contributed by atoms with van der Waals surface area (Å²) in [5, 5.41) is 4.16. The quantitative estimate of drug-likeness (QED) is 0.767. The molecule has 2 aromatic rings. The summed E-state index contributed by atoms with van der Waals surface area (Å²) < 4.78 is 11.6. The van der Waals surface area contributed by atoms with Gasteiger partial charge in [-0.1, -0.05) is 35.5 Å². The van der Waals surface area contributed by atoms with Crippen LogP contribution in [0, 0.1) is 18.8 Å². The van der Waals surface area contributed by atoms with Crippen LogP contribution in [0.25, 0.3) is 0 Å². The molecule has 1 aromatic carbocycles. The van der Waals surface area contributed by atoms with Crippen molar-refractivity contribution in [2.75, 3.05) is 19.7 Å². The lowest BCUT2D eigenvalue weighted by Crippen LogP contribution is -2.45. The van der Waals surface area contributed by atoms with Crippen molar-refractivity contribution in [3.8, 4) is 0 Å². The van der Waals surface area contributed by atoms with Gasteiger partial charge in [0.05, 0.1) is 11.8 Å². The fraction of sp³-hybridized carbons (Fsp3) is 0.571. The average molecular weight is 340 g/mol. The zero-order valence-corrected chi connectivity index (χ0v) is 15.1. The standard InChI is InChI=1S/C21H28N2O2/c1-16-11-20(22-25-16)14-23-10-9-21(24-15-18-7-8-18)19(13-23)12-17-5-3-2-4-6-17/h2-6,11,18-19,21H,7-10,12-15H2,1H3/t19-,21-/m1/s1. The third-order valence-electron chi connectivity index (χ3n) is 5.39. The van der Waals surface area contributed by atoms with Crippen LogP contribution < -0.4 is 0 Å². The molecular weight excluding hydrogens is 312 g/mol. The Morgan fingerprint density at radius 3 is 2.76 bits per heavy atom. The zero-order valence-electron chi connectivity index (χ0n) is 15.1. The molecule has 0 N–H and O–H groups in total. The highest BCUT2D eigenvalue weighted by molar-refractivity contribution is 5.16. The molecule has 4 rings (SSSR count). The molecule has 2 fully saturated rings. The number of benzene rings is 1. The second-order valence-electron chi connectivity index (χ2n) is 7.72. The molecule has 1 aliphatic carbocycles. The topological polar surface area (TPSA) is 38.5 Å². The van der Waals surface area contributed by atoms with Crippen molar-refractivity contribution in [3.63, 3.8) is 0 Å². The Morgan fingerprint density at radius 2 is 2.04 bits per heavy atom.